The van der Waals surface area contributed by atoms with Gasteiger partial charge in [0.15, 0.2) is 0 Å². The van der Waals surface area contributed by atoms with Gasteiger partial charge in [0, 0.05) is 19.5 Å². The number of rotatable bonds is 3. The highest BCUT2D eigenvalue weighted by Crippen LogP contribution is 2.43. The Kier molecular flexibility index (Phi) is 3.88. The molecule has 4 nitrogen and oxygen atoms in total. The normalized spacial score (nSPS) is 30.0. The molecule has 2 saturated heterocycles. The standard InChI is InChI=1S/C16H25BFNO3/c1-15(2)16(3,4)22-17(21-15)14(18)12-8-11(9-12)10-19-7-5-6-13(19)20/h11H,5-10H2,1-4H3. The summed E-state index contributed by atoms with van der Waals surface area (Å²) in [5.41, 5.74) is -0.501. The second-order valence-corrected chi connectivity index (χ2v) is 7.76. The van der Waals surface area contributed by atoms with Gasteiger partial charge >= 0.3 is 7.12 Å². The molecule has 0 N–H and O–H groups in total. The van der Waals surface area contributed by atoms with Crippen molar-refractivity contribution in [3.63, 3.8) is 0 Å². The van der Waals surface area contributed by atoms with Crippen molar-refractivity contribution in [2.75, 3.05) is 13.1 Å². The maximum Gasteiger partial charge on any atom is 0.525 e. The van der Waals surface area contributed by atoms with Gasteiger partial charge in [-0.1, -0.05) is 0 Å². The summed E-state index contributed by atoms with van der Waals surface area (Å²) in [6, 6.07) is 0. The van der Waals surface area contributed by atoms with Crippen LogP contribution in [-0.4, -0.2) is 42.2 Å². The molecule has 22 heavy (non-hydrogen) atoms. The SMILES string of the molecule is CC1(C)OB(C(F)=C2CC(CN3CCCC3=O)C2)OC1(C)C. The summed E-state index contributed by atoms with van der Waals surface area (Å²) in [6.07, 6.45) is 3.04. The van der Waals surface area contributed by atoms with Crippen LogP contribution in [0.4, 0.5) is 4.39 Å². The molecule has 1 amide bonds. The molecule has 0 radical (unpaired) electrons. The van der Waals surface area contributed by atoms with Crippen LogP contribution < -0.4 is 0 Å². The Bertz CT molecular complexity index is 494. The zero-order valence-corrected chi connectivity index (χ0v) is 13.9. The van der Waals surface area contributed by atoms with Crippen molar-refractivity contribution >= 4 is 13.0 Å². The van der Waals surface area contributed by atoms with Gasteiger partial charge in [0.1, 0.15) is 5.73 Å². The number of hydrogen-bond donors (Lipinski definition) is 0. The van der Waals surface area contributed by atoms with Gasteiger partial charge in [-0.15, -0.1) is 0 Å². The van der Waals surface area contributed by atoms with Crippen molar-refractivity contribution in [3.8, 4) is 0 Å². The largest absolute Gasteiger partial charge is 0.525 e. The van der Waals surface area contributed by atoms with Crippen LogP contribution in [0.3, 0.4) is 0 Å². The molecule has 1 saturated carbocycles. The topological polar surface area (TPSA) is 38.8 Å². The third kappa shape index (κ3) is 2.71. The van der Waals surface area contributed by atoms with Crippen molar-refractivity contribution in [1.29, 1.82) is 0 Å². The maximum absolute atomic E-state index is 14.6. The Balaban J connectivity index is 1.57. The van der Waals surface area contributed by atoms with E-state index in [2.05, 4.69) is 0 Å². The number of halogens is 1. The number of carbonyl (C=O) groups is 1. The van der Waals surface area contributed by atoms with Gasteiger partial charge in [0.05, 0.1) is 11.2 Å². The van der Waals surface area contributed by atoms with Crippen LogP contribution in [0.1, 0.15) is 53.4 Å². The summed E-state index contributed by atoms with van der Waals surface area (Å²) in [5.74, 6) is 0.620. The first-order valence-corrected chi connectivity index (χ1v) is 8.20. The van der Waals surface area contributed by atoms with Crippen molar-refractivity contribution in [3.05, 3.63) is 11.3 Å². The van der Waals surface area contributed by atoms with Gasteiger partial charge < -0.3 is 14.2 Å². The first-order chi connectivity index (χ1) is 10.2. The summed E-state index contributed by atoms with van der Waals surface area (Å²) < 4.78 is 26.1. The zero-order valence-electron chi connectivity index (χ0n) is 13.9. The molecular weight excluding hydrogens is 284 g/mol. The first-order valence-electron chi connectivity index (χ1n) is 8.20. The van der Waals surface area contributed by atoms with Crippen LogP contribution in [-0.2, 0) is 14.1 Å². The molecule has 0 unspecified atom stereocenters. The second kappa shape index (κ2) is 5.34. The lowest BCUT2D eigenvalue weighted by Gasteiger charge is -2.33. The van der Waals surface area contributed by atoms with E-state index in [1.54, 1.807) is 0 Å². The highest BCUT2D eigenvalue weighted by Gasteiger charge is 2.54. The Morgan fingerprint density at radius 3 is 2.36 bits per heavy atom. The van der Waals surface area contributed by atoms with Gasteiger partial charge in [0.25, 0.3) is 0 Å². The quantitative estimate of drug-likeness (QED) is 0.753. The smallest absolute Gasteiger partial charge is 0.398 e. The first kappa shape index (κ1) is 16.0. The molecule has 6 heteroatoms. The fraction of sp³-hybridized carbons (Fsp3) is 0.812. The molecule has 1 aliphatic carbocycles. The van der Waals surface area contributed by atoms with Crippen LogP contribution in [0.2, 0.25) is 0 Å². The van der Waals surface area contributed by atoms with E-state index in [0.29, 0.717) is 25.2 Å². The molecule has 2 aliphatic heterocycles. The van der Waals surface area contributed by atoms with Crippen LogP contribution in [0.25, 0.3) is 0 Å². The molecule has 0 atom stereocenters. The van der Waals surface area contributed by atoms with Crippen molar-refractivity contribution in [1.82, 2.24) is 4.90 Å². The average Bonchev–Trinajstić information content (AvgIpc) is 2.85. The lowest BCUT2D eigenvalue weighted by atomic mass is 9.72. The van der Waals surface area contributed by atoms with Gasteiger partial charge in [-0.25, -0.2) is 4.39 Å². The van der Waals surface area contributed by atoms with Crippen molar-refractivity contribution < 1.29 is 18.5 Å². The van der Waals surface area contributed by atoms with Gasteiger partial charge in [0.2, 0.25) is 5.91 Å². The lowest BCUT2D eigenvalue weighted by molar-refractivity contribution is -0.128. The third-order valence-corrected chi connectivity index (χ3v) is 5.52. The minimum absolute atomic E-state index is 0.240. The van der Waals surface area contributed by atoms with E-state index >= 15 is 0 Å². The highest BCUT2D eigenvalue weighted by atomic mass is 19.1. The number of amides is 1. The molecule has 122 valence electrons. The predicted molar refractivity (Wildman–Crippen MR) is 82.8 cm³/mol. The van der Waals surface area contributed by atoms with Crippen molar-refractivity contribution in [2.24, 2.45) is 5.92 Å². The predicted octanol–water partition coefficient (Wildman–Crippen LogP) is 2.87. The summed E-state index contributed by atoms with van der Waals surface area (Å²) in [7, 11) is -0.880. The van der Waals surface area contributed by atoms with Crippen LogP contribution in [0.15, 0.2) is 11.3 Å². The van der Waals surface area contributed by atoms with Crippen LogP contribution in [0.5, 0.6) is 0 Å². The summed E-state index contributed by atoms with van der Waals surface area (Å²) in [6.45, 7) is 9.31. The second-order valence-electron chi connectivity index (χ2n) is 7.76. The average molecular weight is 309 g/mol. The minimum Gasteiger partial charge on any atom is -0.398 e. The lowest BCUT2D eigenvalue weighted by Crippen LogP contribution is -2.41. The van der Waals surface area contributed by atoms with E-state index in [9.17, 15) is 9.18 Å². The molecule has 3 fully saturated rings. The fourth-order valence-electron chi connectivity index (χ4n) is 3.28. The number of nitrogens with zero attached hydrogens (tertiary/aromatic N) is 1. The molecule has 0 aromatic rings. The summed E-state index contributed by atoms with van der Waals surface area (Å²) >= 11 is 0. The van der Waals surface area contributed by atoms with Gasteiger partial charge in [-0.3, -0.25) is 4.79 Å². The van der Waals surface area contributed by atoms with E-state index < -0.39 is 18.3 Å². The molecular formula is C16H25BFNO3. The van der Waals surface area contributed by atoms with Gasteiger partial charge in [-0.2, -0.15) is 0 Å². The zero-order chi connectivity index (χ0) is 16.1. The number of carbonyl (C=O) groups excluding carboxylic acids is 1. The molecule has 0 aromatic carbocycles. The molecule has 0 bridgehead atoms. The number of hydrogen-bond acceptors (Lipinski definition) is 3. The molecule has 2 heterocycles. The monoisotopic (exact) mass is 309 g/mol. The Morgan fingerprint density at radius 2 is 1.86 bits per heavy atom. The van der Waals surface area contributed by atoms with E-state index in [0.717, 1.165) is 25.1 Å². The van der Waals surface area contributed by atoms with E-state index in [1.165, 1.54) is 0 Å². The molecule has 3 rings (SSSR count). The van der Waals surface area contributed by atoms with Crippen LogP contribution >= 0.6 is 0 Å². The van der Waals surface area contributed by atoms with E-state index in [4.69, 9.17) is 9.31 Å². The van der Waals surface area contributed by atoms with E-state index in [1.807, 2.05) is 32.6 Å². The summed E-state index contributed by atoms with van der Waals surface area (Å²) in [5, 5.41) is 0. The molecule has 0 aromatic heterocycles. The number of allylic oxidation sites excluding steroid dienone is 1. The molecule has 3 aliphatic rings. The third-order valence-electron chi connectivity index (χ3n) is 5.52. The van der Waals surface area contributed by atoms with Crippen molar-refractivity contribution in [2.45, 2.75) is 64.6 Å². The fourth-order valence-corrected chi connectivity index (χ4v) is 3.28. The Morgan fingerprint density at radius 1 is 1.27 bits per heavy atom. The number of likely N-dealkylation sites (tertiary alicyclic amines) is 1. The minimum atomic E-state index is -0.880. The van der Waals surface area contributed by atoms with E-state index in [-0.39, 0.29) is 11.6 Å². The highest BCUT2D eigenvalue weighted by molar-refractivity contribution is 6.53. The van der Waals surface area contributed by atoms with Crippen LogP contribution in [0, 0.1) is 5.92 Å². The summed E-state index contributed by atoms with van der Waals surface area (Å²) in [4.78, 5) is 13.5. The Hall–Kier alpha value is -0.875. The molecule has 0 spiro atoms. The maximum atomic E-state index is 14.6. The Labute approximate surface area is 132 Å². The van der Waals surface area contributed by atoms with Gasteiger partial charge in [-0.05, 0) is 58.4 Å².